The molecule has 0 unspecified atom stereocenters. The lowest BCUT2D eigenvalue weighted by molar-refractivity contribution is -0.384. The summed E-state index contributed by atoms with van der Waals surface area (Å²) in [5.74, 6) is 0.478. The molecule has 2 aromatic rings. The Morgan fingerprint density at radius 1 is 1.13 bits per heavy atom. The molecule has 0 aliphatic heterocycles. The molecule has 0 atom stereocenters. The van der Waals surface area contributed by atoms with Crippen LogP contribution in [0.1, 0.15) is 0 Å². The number of rotatable bonds is 6. The van der Waals surface area contributed by atoms with E-state index in [-0.39, 0.29) is 12.3 Å². The van der Waals surface area contributed by atoms with Crippen molar-refractivity contribution in [3.05, 3.63) is 52.6 Å². The van der Waals surface area contributed by atoms with Gasteiger partial charge in [0.25, 0.3) is 5.69 Å². The minimum absolute atomic E-state index is 0.0683. The molecule has 7 nitrogen and oxygen atoms in total. The van der Waals surface area contributed by atoms with E-state index < -0.39 is 10.9 Å². The largest absolute Gasteiger partial charge is 0.497 e. The molecule has 0 aliphatic carbocycles. The molecular weight excluding hydrogens is 302 g/mol. The van der Waals surface area contributed by atoms with Crippen molar-refractivity contribution < 1.29 is 23.9 Å². The van der Waals surface area contributed by atoms with Crippen molar-refractivity contribution >= 4 is 11.7 Å². The average Bonchev–Trinajstić information content (AvgIpc) is 2.59. The zero-order valence-corrected chi connectivity index (χ0v) is 12.6. The quantitative estimate of drug-likeness (QED) is 0.462. The van der Waals surface area contributed by atoms with Gasteiger partial charge in [-0.05, 0) is 23.8 Å². The molecule has 0 heterocycles. The van der Waals surface area contributed by atoms with Crippen LogP contribution in [0, 0.1) is 10.1 Å². The number of methoxy groups -OCH3 is 2. The molecule has 2 aromatic carbocycles. The highest BCUT2D eigenvalue weighted by Gasteiger charge is 2.15. The monoisotopic (exact) mass is 317 g/mol. The summed E-state index contributed by atoms with van der Waals surface area (Å²) in [7, 11) is 2.80. The SMILES string of the molecule is COC(=O)COc1ccc([N+](=O)[O-])cc1-c1ccc(OC)cc1. The van der Waals surface area contributed by atoms with Crippen molar-refractivity contribution in [1.82, 2.24) is 0 Å². The fourth-order valence-electron chi connectivity index (χ4n) is 1.95. The minimum Gasteiger partial charge on any atom is -0.497 e. The molecule has 120 valence electrons. The number of hydrogen-bond donors (Lipinski definition) is 0. The summed E-state index contributed by atoms with van der Waals surface area (Å²) >= 11 is 0. The molecule has 0 aromatic heterocycles. The van der Waals surface area contributed by atoms with Gasteiger partial charge in [-0.25, -0.2) is 4.79 Å². The highest BCUT2D eigenvalue weighted by atomic mass is 16.6. The third-order valence-electron chi connectivity index (χ3n) is 3.15. The van der Waals surface area contributed by atoms with Gasteiger partial charge in [-0.1, -0.05) is 12.1 Å². The zero-order chi connectivity index (χ0) is 16.8. The van der Waals surface area contributed by atoms with Gasteiger partial charge >= 0.3 is 5.97 Å². The van der Waals surface area contributed by atoms with Gasteiger partial charge in [0.05, 0.1) is 19.1 Å². The van der Waals surface area contributed by atoms with Crippen LogP contribution in [0.25, 0.3) is 11.1 Å². The molecule has 0 bridgehead atoms. The summed E-state index contributed by atoms with van der Waals surface area (Å²) in [6.07, 6.45) is 0. The first-order valence-electron chi connectivity index (χ1n) is 6.67. The van der Waals surface area contributed by atoms with Crippen molar-refractivity contribution in [2.75, 3.05) is 20.8 Å². The molecule has 0 saturated heterocycles. The van der Waals surface area contributed by atoms with E-state index in [1.165, 1.54) is 25.3 Å². The maximum absolute atomic E-state index is 11.2. The third-order valence-corrected chi connectivity index (χ3v) is 3.15. The van der Waals surface area contributed by atoms with E-state index in [0.29, 0.717) is 22.6 Å². The van der Waals surface area contributed by atoms with Crippen LogP contribution < -0.4 is 9.47 Å². The van der Waals surface area contributed by atoms with Gasteiger partial charge in [0, 0.05) is 17.7 Å². The summed E-state index contributed by atoms with van der Waals surface area (Å²) in [5, 5.41) is 11.0. The second-order valence-electron chi connectivity index (χ2n) is 4.53. The van der Waals surface area contributed by atoms with Gasteiger partial charge < -0.3 is 14.2 Å². The third kappa shape index (κ3) is 3.97. The molecular formula is C16H15NO6. The number of carbonyl (C=O) groups is 1. The van der Waals surface area contributed by atoms with E-state index in [2.05, 4.69) is 4.74 Å². The van der Waals surface area contributed by atoms with Gasteiger partial charge in [0.2, 0.25) is 0 Å². The van der Waals surface area contributed by atoms with Crippen LogP contribution in [0.2, 0.25) is 0 Å². The highest BCUT2D eigenvalue weighted by Crippen LogP contribution is 2.34. The second-order valence-corrected chi connectivity index (χ2v) is 4.53. The van der Waals surface area contributed by atoms with Crippen molar-refractivity contribution in [2.45, 2.75) is 0 Å². The van der Waals surface area contributed by atoms with Crippen molar-refractivity contribution in [1.29, 1.82) is 0 Å². The van der Waals surface area contributed by atoms with E-state index in [1.807, 2.05) is 0 Å². The first kappa shape index (κ1) is 16.3. The Balaban J connectivity index is 2.40. The van der Waals surface area contributed by atoms with Crippen LogP contribution in [0.5, 0.6) is 11.5 Å². The lowest BCUT2D eigenvalue weighted by atomic mass is 10.0. The molecule has 2 rings (SSSR count). The maximum atomic E-state index is 11.2. The van der Waals surface area contributed by atoms with E-state index in [9.17, 15) is 14.9 Å². The molecule has 0 amide bonds. The van der Waals surface area contributed by atoms with Crippen molar-refractivity contribution in [2.24, 2.45) is 0 Å². The van der Waals surface area contributed by atoms with Crippen LogP contribution in [-0.4, -0.2) is 31.7 Å². The van der Waals surface area contributed by atoms with Gasteiger partial charge in [0.15, 0.2) is 6.61 Å². The maximum Gasteiger partial charge on any atom is 0.343 e. The average molecular weight is 317 g/mol. The molecule has 0 N–H and O–H groups in total. The van der Waals surface area contributed by atoms with Crippen LogP contribution >= 0.6 is 0 Å². The number of carbonyl (C=O) groups excluding carboxylic acids is 1. The van der Waals surface area contributed by atoms with E-state index in [1.54, 1.807) is 31.4 Å². The molecule has 0 aliphatic rings. The number of ether oxygens (including phenoxy) is 3. The minimum atomic E-state index is -0.538. The van der Waals surface area contributed by atoms with Crippen LogP contribution in [0.4, 0.5) is 5.69 Å². The van der Waals surface area contributed by atoms with Crippen molar-refractivity contribution in [3.8, 4) is 22.6 Å². The molecule has 23 heavy (non-hydrogen) atoms. The summed E-state index contributed by atoms with van der Waals surface area (Å²) in [6, 6.07) is 11.1. The second kappa shape index (κ2) is 7.26. The summed E-state index contributed by atoms with van der Waals surface area (Å²) in [5.41, 5.74) is 1.14. The van der Waals surface area contributed by atoms with E-state index in [0.717, 1.165) is 0 Å². The predicted octanol–water partition coefficient (Wildman–Crippen LogP) is 2.82. The summed E-state index contributed by atoms with van der Waals surface area (Å²) < 4.78 is 15.0. The van der Waals surface area contributed by atoms with Gasteiger partial charge in [-0.3, -0.25) is 10.1 Å². The molecule has 0 spiro atoms. The predicted molar refractivity (Wildman–Crippen MR) is 82.6 cm³/mol. The van der Waals surface area contributed by atoms with Crippen molar-refractivity contribution in [3.63, 3.8) is 0 Å². The molecule has 0 radical (unpaired) electrons. The Bertz CT molecular complexity index is 711. The zero-order valence-electron chi connectivity index (χ0n) is 12.6. The van der Waals surface area contributed by atoms with Crippen LogP contribution in [-0.2, 0) is 9.53 Å². The number of nitrogens with zero attached hydrogens (tertiary/aromatic N) is 1. The number of hydrogen-bond acceptors (Lipinski definition) is 6. The standard InChI is InChI=1S/C16H15NO6/c1-21-13-6-3-11(4-7-13)14-9-12(17(19)20)5-8-15(14)23-10-16(18)22-2/h3-9H,10H2,1-2H3. The van der Waals surface area contributed by atoms with Gasteiger partial charge in [0.1, 0.15) is 11.5 Å². The lowest BCUT2D eigenvalue weighted by Crippen LogP contribution is -2.13. The smallest absolute Gasteiger partial charge is 0.343 e. The fraction of sp³-hybridized carbons (Fsp3) is 0.188. The normalized spacial score (nSPS) is 10.0. The number of benzene rings is 2. The highest BCUT2D eigenvalue weighted by molar-refractivity contribution is 5.75. The van der Waals surface area contributed by atoms with Gasteiger partial charge in [-0.2, -0.15) is 0 Å². The first-order chi connectivity index (χ1) is 11.0. The lowest BCUT2D eigenvalue weighted by Gasteiger charge is -2.11. The molecule has 7 heteroatoms. The van der Waals surface area contributed by atoms with E-state index >= 15 is 0 Å². The molecule has 0 saturated carbocycles. The van der Waals surface area contributed by atoms with Crippen LogP contribution in [0.3, 0.4) is 0 Å². The van der Waals surface area contributed by atoms with E-state index in [4.69, 9.17) is 9.47 Å². The summed E-state index contributed by atoms with van der Waals surface area (Å²) in [6.45, 7) is -0.280. The number of non-ortho nitro benzene ring substituents is 1. The Hall–Kier alpha value is -3.09. The Labute approximate surface area is 132 Å². The molecule has 0 fully saturated rings. The topological polar surface area (TPSA) is 87.9 Å². The number of nitro groups is 1. The fourth-order valence-corrected chi connectivity index (χ4v) is 1.95. The Kier molecular flexibility index (Phi) is 5.14. The first-order valence-corrected chi connectivity index (χ1v) is 6.67. The Morgan fingerprint density at radius 3 is 2.39 bits per heavy atom. The number of nitro benzene ring substituents is 1. The number of esters is 1. The summed E-state index contributed by atoms with van der Waals surface area (Å²) in [4.78, 5) is 21.7. The van der Waals surface area contributed by atoms with Crippen LogP contribution in [0.15, 0.2) is 42.5 Å². The van der Waals surface area contributed by atoms with Gasteiger partial charge in [-0.15, -0.1) is 0 Å². The Morgan fingerprint density at radius 2 is 1.83 bits per heavy atom.